The fourth-order valence-electron chi connectivity index (χ4n) is 2.31. The third-order valence-electron chi connectivity index (χ3n) is 3.33. The topological polar surface area (TPSA) is 62.7 Å². The zero-order valence-electron chi connectivity index (χ0n) is 10.9. The van der Waals surface area contributed by atoms with Crippen LogP contribution < -0.4 is 10.6 Å². The van der Waals surface area contributed by atoms with Gasteiger partial charge in [-0.1, -0.05) is 6.07 Å². The van der Waals surface area contributed by atoms with Gasteiger partial charge in [0.2, 0.25) is 0 Å². The molecule has 2 N–H and O–H groups in total. The summed E-state index contributed by atoms with van der Waals surface area (Å²) in [6, 6.07) is 6.07. The van der Waals surface area contributed by atoms with Crippen LogP contribution >= 0.6 is 0 Å². The van der Waals surface area contributed by atoms with E-state index in [0.29, 0.717) is 0 Å². The average Bonchev–Trinajstić information content (AvgIpc) is 2.48. The van der Waals surface area contributed by atoms with Gasteiger partial charge in [0, 0.05) is 18.3 Å². The third-order valence-corrected chi connectivity index (χ3v) is 3.33. The lowest BCUT2D eigenvalue weighted by Gasteiger charge is -2.21. The summed E-state index contributed by atoms with van der Waals surface area (Å²) in [7, 11) is 0. The van der Waals surface area contributed by atoms with Crippen molar-refractivity contribution in [1.82, 2.24) is 15.0 Å². The highest BCUT2D eigenvalue weighted by molar-refractivity contribution is 5.59. The molecule has 3 heterocycles. The van der Waals surface area contributed by atoms with Gasteiger partial charge in [0.1, 0.15) is 18.0 Å². The summed E-state index contributed by atoms with van der Waals surface area (Å²) in [6.45, 7) is 3.08. The van der Waals surface area contributed by atoms with Gasteiger partial charge >= 0.3 is 0 Å². The molecule has 1 unspecified atom stereocenters. The second-order valence-corrected chi connectivity index (χ2v) is 4.70. The molecule has 19 heavy (non-hydrogen) atoms. The van der Waals surface area contributed by atoms with Crippen LogP contribution in [0.3, 0.4) is 0 Å². The van der Waals surface area contributed by atoms with Crippen molar-refractivity contribution in [3.63, 3.8) is 0 Å². The van der Waals surface area contributed by atoms with Crippen LogP contribution in [-0.4, -0.2) is 21.5 Å². The van der Waals surface area contributed by atoms with Crippen LogP contribution in [0.5, 0.6) is 0 Å². The van der Waals surface area contributed by atoms with E-state index in [1.54, 1.807) is 6.33 Å². The molecule has 1 aliphatic rings. The van der Waals surface area contributed by atoms with E-state index in [1.807, 2.05) is 24.4 Å². The molecule has 2 aromatic rings. The number of pyridine rings is 1. The molecule has 5 nitrogen and oxygen atoms in total. The summed E-state index contributed by atoms with van der Waals surface area (Å²) in [4.78, 5) is 13.0. The minimum Gasteiger partial charge on any atom is -0.370 e. The SMILES string of the molecule is CC(Nc1ncnc2c1CCCN2)c1ccccn1. The highest BCUT2D eigenvalue weighted by atomic mass is 15.1. The maximum atomic E-state index is 4.37. The Bertz CT molecular complexity index is 555. The normalized spacial score (nSPS) is 15.2. The number of rotatable bonds is 3. The molecule has 0 spiro atoms. The standard InChI is InChI=1S/C14H17N5/c1-10(12-6-2-3-7-15-12)19-14-11-5-4-8-16-13(11)17-9-18-14/h2-3,6-7,9-10H,4-5,8H2,1H3,(H2,16,17,18,19). The summed E-state index contributed by atoms with van der Waals surface area (Å²) >= 11 is 0. The summed E-state index contributed by atoms with van der Waals surface area (Å²) in [5, 5.41) is 6.74. The lowest BCUT2D eigenvalue weighted by atomic mass is 10.1. The van der Waals surface area contributed by atoms with Gasteiger partial charge in [-0.05, 0) is 31.9 Å². The first-order valence-electron chi connectivity index (χ1n) is 6.60. The van der Waals surface area contributed by atoms with Crippen LogP contribution in [0.1, 0.15) is 30.6 Å². The molecule has 0 radical (unpaired) electrons. The van der Waals surface area contributed by atoms with Gasteiger partial charge in [-0.2, -0.15) is 0 Å². The number of hydrogen-bond donors (Lipinski definition) is 2. The smallest absolute Gasteiger partial charge is 0.135 e. The highest BCUT2D eigenvalue weighted by Crippen LogP contribution is 2.27. The Labute approximate surface area is 112 Å². The first-order valence-corrected chi connectivity index (χ1v) is 6.60. The molecule has 2 aromatic heterocycles. The maximum absolute atomic E-state index is 4.37. The van der Waals surface area contributed by atoms with Crippen molar-refractivity contribution in [2.75, 3.05) is 17.2 Å². The molecule has 0 bridgehead atoms. The van der Waals surface area contributed by atoms with E-state index in [9.17, 15) is 0 Å². The zero-order chi connectivity index (χ0) is 13.1. The van der Waals surface area contributed by atoms with Crippen LogP contribution in [-0.2, 0) is 6.42 Å². The van der Waals surface area contributed by atoms with Crippen molar-refractivity contribution >= 4 is 11.6 Å². The van der Waals surface area contributed by atoms with E-state index < -0.39 is 0 Å². The van der Waals surface area contributed by atoms with Gasteiger partial charge in [-0.25, -0.2) is 9.97 Å². The van der Waals surface area contributed by atoms with Gasteiger partial charge in [0.05, 0.1) is 11.7 Å². The lowest BCUT2D eigenvalue weighted by Crippen LogP contribution is -2.18. The fourth-order valence-corrected chi connectivity index (χ4v) is 2.31. The predicted molar refractivity (Wildman–Crippen MR) is 75.1 cm³/mol. The first-order chi connectivity index (χ1) is 9.34. The minimum absolute atomic E-state index is 0.127. The van der Waals surface area contributed by atoms with Crippen LogP contribution in [0.25, 0.3) is 0 Å². The molecule has 5 heteroatoms. The van der Waals surface area contributed by atoms with Crippen LogP contribution in [0.15, 0.2) is 30.7 Å². The van der Waals surface area contributed by atoms with Crippen molar-refractivity contribution in [1.29, 1.82) is 0 Å². The van der Waals surface area contributed by atoms with E-state index >= 15 is 0 Å². The van der Waals surface area contributed by atoms with E-state index in [1.165, 1.54) is 5.56 Å². The first kappa shape index (κ1) is 11.9. The van der Waals surface area contributed by atoms with Crippen molar-refractivity contribution in [3.8, 4) is 0 Å². The Balaban J connectivity index is 1.84. The number of aromatic nitrogens is 3. The van der Waals surface area contributed by atoms with Crippen LogP contribution in [0.2, 0.25) is 0 Å². The highest BCUT2D eigenvalue weighted by Gasteiger charge is 2.16. The van der Waals surface area contributed by atoms with Crippen molar-refractivity contribution < 1.29 is 0 Å². The quantitative estimate of drug-likeness (QED) is 0.881. The molecule has 1 atom stereocenters. The van der Waals surface area contributed by atoms with E-state index in [-0.39, 0.29) is 6.04 Å². The largest absolute Gasteiger partial charge is 0.370 e. The average molecular weight is 255 g/mol. The molecule has 0 aromatic carbocycles. The van der Waals surface area contributed by atoms with Gasteiger partial charge in [0.25, 0.3) is 0 Å². The zero-order valence-corrected chi connectivity index (χ0v) is 10.9. The summed E-state index contributed by atoms with van der Waals surface area (Å²) in [5.74, 6) is 1.87. The van der Waals surface area contributed by atoms with Crippen LogP contribution in [0, 0.1) is 0 Å². The Morgan fingerprint density at radius 2 is 2.21 bits per heavy atom. The Morgan fingerprint density at radius 1 is 1.26 bits per heavy atom. The number of hydrogen-bond acceptors (Lipinski definition) is 5. The molecular formula is C14H17N5. The Hall–Kier alpha value is -2.17. The van der Waals surface area contributed by atoms with Gasteiger partial charge in [0.15, 0.2) is 0 Å². The summed E-state index contributed by atoms with van der Waals surface area (Å²) < 4.78 is 0. The van der Waals surface area contributed by atoms with Crippen molar-refractivity contribution in [2.45, 2.75) is 25.8 Å². The van der Waals surface area contributed by atoms with E-state index in [0.717, 1.165) is 36.7 Å². The number of nitrogens with one attached hydrogen (secondary N) is 2. The van der Waals surface area contributed by atoms with Gasteiger partial charge < -0.3 is 10.6 Å². The van der Waals surface area contributed by atoms with Crippen molar-refractivity contribution in [2.24, 2.45) is 0 Å². The molecule has 0 saturated carbocycles. The second kappa shape index (κ2) is 5.22. The molecule has 1 aliphatic heterocycles. The molecular weight excluding hydrogens is 238 g/mol. The predicted octanol–water partition coefficient (Wildman–Crippen LogP) is 2.40. The lowest BCUT2D eigenvalue weighted by molar-refractivity contribution is 0.787. The van der Waals surface area contributed by atoms with Gasteiger partial charge in [-0.3, -0.25) is 4.98 Å². The third kappa shape index (κ3) is 2.50. The summed E-state index contributed by atoms with van der Waals surface area (Å²) in [6.07, 6.45) is 5.54. The second-order valence-electron chi connectivity index (χ2n) is 4.70. The fraction of sp³-hybridized carbons (Fsp3) is 0.357. The van der Waals surface area contributed by atoms with Gasteiger partial charge in [-0.15, -0.1) is 0 Å². The summed E-state index contributed by atoms with van der Waals surface area (Å²) in [5.41, 5.74) is 2.19. The molecule has 0 aliphatic carbocycles. The molecule has 0 saturated heterocycles. The van der Waals surface area contributed by atoms with Crippen LogP contribution in [0.4, 0.5) is 11.6 Å². The number of anilines is 2. The van der Waals surface area contributed by atoms with E-state index in [2.05, 4.69) is 32.5 Å². The molecule has 98 valence electrons. The number of fused-ring (bicyclic) bond motifs is 1. The Morgan fingerprint density at radius 3 is 3.05 bits per heavy atom. The maximum Gasteiger partial charge on any atom is 0.135 e. The van der Waals surface area contributed by atoms with E-state index in [4.69, 9.17) is 0 Å². The molecule has 0 fully saturated rings. The number of nitrogens with zero attached hydrogens (tertiary/aromatic N) is 3. The minimum atomic E-state index is 0.127. The molecule has 3 rings (SSSR count). The molecule has 0 amide bonds. The van der Waals surface area contributed by atoms with Crippen molar-refractivity contribution in [3.05, 3.63) is 42.0 Å². The Kier molecular flexibility index (Phi) is 3.27. The monoisotopic (exact) mass is 255 g/mol.